The molecule has 1 heterocycles. The molecule has 96 valence electrons. The summed E-state index contributed by atoms with van der Waals surface area (Å²) in [6.45, 7) is 7.43. The van der Waals surface area contributed by atoms with Gasteiger partial charge in [-0.3, -0.25) is 0 Å². The zero-order valence-corrected chi connectivity index (χ0v) is 10.8. The molecule has 0 aliphatic carbocycles. The molecule has 1 atom stereocenters. The van der Waals surface area contributed by atoms with Crippen LogP contribution < -0.4 is 10.6 Å². The van der Waals surface area contributed by atoms with Crippen LogP contribution in [-0.2, 0) is 0 Å². The van der Waals surface area contributed by atoms with Gasteiger partial charge in [0.15, 0.2) is 0 Å². The van der Waals surface area contributed by atoms with Gasteiger partial charge in [0.05, 0.1) is 6.10 Å². The van der Waals surface area contributed by atoms with Gasteiger partial charge in [0.25, 0.3) is 0 Å². The Labute approximate surface area is 103 Å². The van der Waals surface area contributed by atoms with Crippen LogP contribution in [0.1, 0.15) is 27.2 Å². The first kappa shape index (κ1) is 13.7. The third-order valence-corrected chi connectivity index (χ3v) is 2.45. The Balaban J connectivity index is 2.48. The molecule has 0 radical (unpaired) electrons. The summed E-state index contributed by atoms with van der Waals surface area (Å²) >= 11 is 0. The molecule has 5 heteroatoms. The Morgan fingerprint density at radius 3 is 2.76 bits per heavy atom. The Bertz CT molecular complexity index is 330. The van der Waals surface area contributed by atoms with Gasteiger partial charge in [-0.1, -0.05) is 20.8 Å². The first-order valence-corrected chi connectivity index (χ1v) is 6.12. The molecule has 0 aliphatic rings. The lowest BCUT2D eigenvalue weighted by atomic mass is 10.1. The quantitative estimate of drug-likeness (QED) is 0.675. The molecule has 0 aliphatic heterocycles. The fraction of sp³-hybridized carbons (Fsp3) is 0.667. The number of anilines is 2. The summed E-state index contributed by atoms with van der Waals surface area (Å²) < 4.78 is 0. The largest absolute Gasteiger partial charge is 0.391 e. The molecule has 0 saturated carbocycles. The second kappa shape index (κ2) is 7.06. The van der Waals surface area contributed by atoms with Crippen molar-refractivity contribution < 1.29 is 5.11 Å². The van der Waals surface area contributed by atoms with Crippen molar-refractivity contribution in [2.24, 2.45) is 5.92 Å². The molecule has 0 amide bonds. The van der Waals surface area contributed by atoms with Crippen molar-refractivity contribution in [1.29, 1.82) is 0 Å². The Morgan fingerprint density at radius 1 is 1.35 bits per heavy atom. The van der Waals surface area contributed by atoms with E-state index in [1.165, 1.54) is 0 Å². The van der Waals surface area contributed by atoms with E-state index in [1.807, 2.05) is 13.8 Å². The van der Waals surface area contributed by atoms with E-state index in [-0.39, 0.29) is 12.0 Å². The van der Waals surface area contributed by atoms with Crippen molar-refractivity contribution >= 4 is 11.8 Å². The average Bonchev–Trinajstić information content (AvgIpc) is 2.33. The molecule has 0 saturated heterocycles. The van der Waals surface area contributed by atoms with E-state index in [9.17, 15) is 5.11 Å². The van der Waals surface area contributed by atoms with E-state index in [4.69, 9.17) is 0 Å². The summed E-state index contributed by atoms with van der Waals surface area (Å²) in [6.07, 6.45) is 2.37. The topological polar surface area (TPSA) is 70.1 Å². The van der Waals surface area contributed by atoms with E-state index in [0.29, 0.717) is 12.5 Å². The van der Waals surface area contributed by atoms with E-state index in [0.717, 1.165) is 18.8 Å². The fourth-order valence-electron chi connectivity index (χ4n) is 1.22. The van der Waals surface area contributed by atoms with Gasteiger partial charge >= 0.3 is 0 Å². The van der Waals surface area contributed by atoms with E-state index in [2.05, 4.69) is 27.5 Å². The Hall–Kier alpha value is -1.36. The maximum Gasteiger partial charge on any atom is 0.224 e. The molecule has 5 nitrogen and oxygen atoms in total. The molecular weight excluding hydrogens is 216 g/mol. The molecule has 1 unspecified atom stereocenters. The van der Waals surface area contributed by atoms with Crippen molar-refractivity contribution in [2.75, 3.05) is 23.7 Å². The highest BCUT2D eigenvalue weighted by atomic mass is 16.3. The number of aliphatic hydroxyl groups is 1. The summed E-state index contributed by atoms with van der Waals surface area (Å²) in [5.41, 5.74) is 0. The fourth-order valence-corrected chi connectivity index (χ4v) is 1.22. The van der Waals surface area contributed by atoms with Crippen LogP contribution in [0.15, 0.2) is 12.3 Å². The second-order valence-electron chi connectivity index (χ2n) is 4.38. The SMILES string of the molecule is CCCNc1nccc(NCC(O)C(C)C)n1. The number of hydrogen-bond donors (Lipinski definition) is 3. The van der Waals surface area contributed by atoms with Crippen molar-refractivity contribution in [3.63, 3.8) is 0 Å². The van der Waals surface area contributed by atoms with Gasteiger partial charge < -0.3 is 15.7 Å². The van der Waals surface area contributed by atoms with Gasteiger partial charge in [-0.05, 0) is 18.4 Å². The van der Waals surface area contributed by atoms with Crippen molar-refractivity contribution in [2.45, 2.75) is 33.3 Å². The Morgan fingerprint density at radius 2 is 2.12 bits per heavy atom. The third kappa shape index (κ3) is 4.99. The van der Waals surface area contributed by atoms with Crippen LogP contribution in [0.4, 0.5) is 11.8 Å². The highest BCUT2D eigenvalue weighted by Gasteiger charge is 2.08. The molecule has 0 bridgehead atoms. The van der Waals surface area contributed by atoms with Crippen LogP contribution in [0.2, 0.25) is 0 Å². The molecule has 1 aromatic heterocycles. The summed E-state index contributed by atoms with van der Waals surface area (Å²) in [7, 11) is 0. The van der Waals surface area contributed by atoms with Crippen LogP contribution in [0.3, 0.4) is 0 Å². The van der Waals surface area contributed by atoms with E-state index < -0.39 is 0 Å². The minimum Gasteiger partial charge on any atom is -0.391 e. The maximum atomic E-state index is 9.68. The number of aromatic nitrogens is 2. The average molecular weight is 238 g/mol. The normalized spacial score (nSPS) is 12.5. The van der Waals surface area contributed by atoms with Gasteiger partial charge in [0.1, 0.15) is 5.82 Å². The van der Waals surface area contributed by atoms with E-state index >= 15 is 0 Å². The van der Waals surface area contributed by atoms with Crippen LogP contribution in [-0.4, -0.2) is 34.3 Å². The maximum absolute atomic E-state index is 9.68. The van der Waals surface area contributed by atoms with Crippen LogP contribution in [0.5, 0.6) is 0 Å². The standard InChI is InChI=1S/C12H22N4O/c1-4-6-13-12-14-7-5-11(16-12)15-8-10(17)9(2)3/h5,7,9-10,17H,4,6,8H2,1-3H3,(H2,13,14,15,16). The molecule has 0 fully saturated rings. The first-order chi connectivity index (χ1) is 8.13. The number of rotatable bonds is 7. The van der Waals surface area contributed by atoms with Crippen molar-refractivity contribution in [3.05, 3.63) is 12.3 Å². The molecule has 0 aromatic carbocycles. The third-order valence-electron chi connectivity index (χ3n) is 2.45. The molecule has 3 N–H and O–H groups in total. The lowest BCUT2D eigenvalue weighted by Crippen LogP contribution is -2.25. The Kier molecular flexibility index (Phi) is 5.69. The van der Waals surface area contributed by atoms with Gasteiger partial charge in [0, 0.05) is 19.3 Å². The van der Waals surface area contributed by atoms with Gasteiger partial charge in [-0.2, -0.15) is 4.98 Å². The van der Waals surface area contributed by atoms with Crippen LogP contribution in [0.25, 0.3) is 0 Å². The number of nitrogens with one attached hydrogen (secondary N) is 2. The first-order valence-electron chi connectivity index (χ1n) is 6.12. The van der Waals surface area contributed by atoms with Crippen LogP contribution >= 0.6 is 0 Å². The van der Waals surface area contributed by atoms with Crippen LogP contribution in [0, 0.1) is 5.92 Å². The predicted octanol–water partition coefficient (Wildman–Crippen LogP) is 1.73. The molecule has 1 rings (SSSR count). The molecule has 1 aromatic rings. The molecule has 17 heavy (non-hydrogen) atoms. The smallest absolute Gasteiger partial charge is 0.224 e. The lowest BCUT2D eigenvalue weighted by molar-refractivity contribution is 0.138. The lowest BCUT2D eigenvalue weighted by Gasteiger charge is -2.15. The molecule has 0 spiro atoms. The zero-order valence-electron chi connectivity index (χ0n) is 10.8. The van der Waals surface area contributed by atoms with Gasteiger partial charge in [-0.25, -0.2) is 4.98 Å². The highest BCUT2D eigenvalue weighted by molar-refractivity contribution is 5.39. The zero-order chi connectivity index (χ0) is 12.7. The summed E-state index contributed by atoms with van der Waals surface area (Å²) in [5, 5.41) is 15.9. The van der Waals surface area contributed by atoms with Gasteiger partial charge in [0.2, 0.25) is 5.95 Å². The van der Waals surface area contributed by atoms with Gasteiger partial charge in [-0.15, -0.1) is 0 Å². The summed E-state index contributed by atoms with van der Waals surface area (Å²) in [4.78, 5) is 8.41. The predicted molar refractivity (Wildman–Crippen MR) is 70.1 cm³/mol. The minimum atomic E-state index is -0.364. The van der Waals surface area contributed by atoms with Crippen molar-refractivity contribution in [3.8, 4) is 0 Å². The number of aliphatic hydroxyl groups excluding tert-OH is 1. The van der Waals surface area contributed by atoms with Crippen molar-refractivity contribution in [1.82, 2.24) is 9.97 Å². The molecular formula is C12H22N4O. The van der Waals surface area contributed by atoms with E-state index in [1.54, 1.807) is 12.3 Å². The number of nitrogens with zero attached hydrogens (tertiary/aromatic N) is 2. The number of hydrogen-bond acceptors (Lipinski definition) is 5. The second-order valence-corrected chi connectivity index (χ2v) is 4.38. The summed E-state index contributed by atoms with van der Waals surface area (Å²) in [5.74, 6) is 1.59. The monoisotopic (exact) mass is 238 g/mol. The minimum absolute atomic E-state index is 0.238. The summed E-state index contributed by atoms with van der Waals surface area (Å²) in [6, 6.07) is 1.80. The highest BCUT2D eigenvalue weighted by Crippen LogP contribution is 2.07.